The molecule has 94 valence electrons. The van der Waals surface area contributed by atoms with Gasteiger partial charge in [0.1, 0.15) is 0 Å². The monoisotopic (exact) mass is 252 g/mol. The average Bonchev–Trinajstić information content (AvgIpc) is 2.32. The van der Waals surface area contributed by atoms with Crippen molar-refractivity contribution in [3.63, 3.8) is 0 Å². The van der Waals surface area contributed by atoms with E-state index in [-0.39, 0.29) is 0 Å². The second kappa shape index (κ2) is 4.83. The van der Waals surface area contributed by atoms with E-state index in [0.29, 0.717) is 0 Å². The Morgan fingerprint density at radius 3 is 1.65 bits per heavy atom. The molecule has 0 saturated heterocycles. The lowest BCUT2D eigenvalue weighted by Crippen LogP contribution is -2.15. The van der Waals surface area contributed by atoms with Crippen LogP contribution in [0.3, 0.4) is 0 Å². The van der Waals surface area contributed by atoms with Crippen LogP contribution in [-0.2, 0) is 0 Å². The minimum Gasteiger partial charge on any atom is -0.388 e. The number of hydrogen-bond donors (Lipinski definition) is 1. The Labute approximate surface area is 94.2 Å². The van der Waals surface area contributed by atoms with Crippen LogP contribution < -0.4 is 0 Å². The maximum atomic E-state index is 13.2. The van der Waals surface area contributed by atoms with Crippen LogP contribution in [0.25, 0.3) is 0 Å². The molecule has 0 fully saturated rings. The van der Waals surface area contributed by atoms with Gasteiger partial charge < -0.3 is 5.11 Å². The van der Waals surface area contributed by atoms with Gasteiger partial charge in [0.15, 0.2) is 23.3 Å². The molecule has 0 aliphatic rings. The lowest BCUT2D eigenvalue weighted by atomic mass is 9.96. The van der Waals surface area contributed by atoms with Gasteiger partial charge in [0.05, 0.1) is 11.7 Å². The Kier molecular flexibility index (Phi) is 3.87. The number of aliphatic hydroxyl groups is 1. The van der Waals surface area contributed by atoms with Crippen molar-refractivity contribution in [1.82, 2.24) is 0 Å². The van der Waals surface area contributed by atoms with Crippen LogP contribution in [0.2, 0.25) is 0 Å². The zero-order chi connectivity index (χ0) is 13.3. The molecule has 0 aliphatic heterocycles. The average molecular weight is 252 g/mol. The Morgan fingerprint density at radius 2 is 1.29 bits per heavy atom. The van der Waals surface area contributed by atoms with Crippen LogP contribution in [-0.4, -0.2) is 5.11 Å². The standard InChI is InChI=1S/C11H9F5O/c1-3-4(2)11(17)5-6(12)8(14)10(16)9(15)7(5)13/h3-4,11,17H,1H2,2H3/t4-,11+/m0/s1. The maximum absolute atomic E-state index is 13.2. The molecule has 1 nitrogen and oxygen atoms in total. The van der Waals surface area contributed by atoms with Gasteiger partial charge in [-0.2, -0.15) is 0 Å². The van der Waals surface area contributed by atoms with E-state index in [1.165, 1.54) is 6.92 Å². The summed E-state index contributed by atoms with van der Waals surface area (Å²) in [6.07, 6.45) is -0.708. The fourth-order valence-electron chi connectivity index (χ4n) is 1.27. The van der Waals surface area contributed by atoms with Gasteiger partial charge in [0.2, 0.25) is 5.82 Å². The summed E-state index contributed by atoms with van der Waals surface area (Å²) >= 11 is 0. The minimum absolute atomic E-state index is 0.858. The predicted molar refractivity (Wildman–Crippen MR) is 50.6 cm³/mol. The number of rotatable bonds is 3. The van der Waals surface area contributed by atoms with Crippen LogP contribution in [0, 0.1) is 35.0 Å². The van der Waals surface area contributed by atoms with Crippen molar-refractivity contribution < 1.29 is 27.1 Å². The van der Waals surface area contributed by atoms with Crippen LogP contribution >= 0.6 is 0 Å². The molecule has 1 aromatic carbocycles. The normalized spacial score (nSPS) is 14.5. The number of benzene rings is 1. The van der Waals surface area contributed by atoms with E-state index >= 15 is 0 Å². The van der Waals surface area contributed by atoms with E-state index in [1.54, 1.807) is 0 Å². The quantitative estimate of drug-likeness (QED) is 0.379. The summed E-state index contributed by atoms with van der Waals surface area (Å²) in [6, 6.07) is 0. The zero-order valence-corrected chi connectivity index (χ0v) is 8.78. The van der Waals surface area contributed by atoms with E-state index < -0.39 is 46.7 Å². The Bertz CT molecular complexity index is 429. The third kappa shape index (κ3) is 2.17. The van der Waals surface area contributed by atoms with Gasteiger partial charge in [-0.3, -0.25) is 0 Å². The van der Waals surface area contributed by atoms with Crippen molar-refractivity contribution in [1.29, 1.82) is 0 Å². The number of halogens is 5. The molecule has 0 spiro atoms. The molecule has 6 heteroatoms. The molecule has 1 N–H and O–H groups in total. The molecule has 0 saturated carbocycles. The van der Waals surface area contributed by atoms with Gasteiger partial charge in [-0.15, -0.1) is 6.58 Å². The van der Waals surface area contributed by atoms with Crippen molar-refractivity contribution >= 4 is 0 Å². The highest BCUT2D eigenvalue weighted by atomic mass is 19.2. The van der Waals surface area contributed by atoms with E-state index in [2.05, 4.69) is 6.58 Å². The largest absolute Gasteiger partial charge is 0.388 e. The summed E-state index contributed by atoms with van der Waals surface area (Å²) in [5.74, 6) is -11.3. The zero-order valence-electron chi connectivity index (χ0n) is 8.78. The summed E-state index contributed by atoms with van der Waals surface area (Å²) in [6.45, 7) is 4.59. The Balaban J connectivity index is 3.49. The molecule has 0 unspecified atom stereocenters. The van der Waals surface area contributed by atoms with Crippen molar-refractivity contribution in [2.45, 2.75) is 13.0 Å². The van der Waals surface area contributed by atoms with E-state index in [4.69, 9.17) is 0 Å². The van der Waals surface area contributed by atoms with Gasteiger partial charge in [0, 0.05) is 5.92 Å². The predicted octanol–water partition coefficient (Wildman–Crippen LogP) is 3.24. The van der Waals surface area contributed by atoms with E-state index in [9.17, 15) is 27.1 Å². The van der Waals surface area contributed by atoms with Gasteiger partial charge in [-0.05, 0) is 0 Å². The first-order valence-corrected chi connectivity index (χ1v) is 4.64. The first kappa shape index (κ1) is 13.6. The van der Waals surface area contributed by atoms with Crippen LogP contribution in [0.15, 0.2) is 12.7 Å². The van der Waals surface area contributed by atoms with Crippen molar-refractivity contribution in [3.8, 4) is 0 Å². The van der Waals surface area contributed by atoms with Crippen LogP contribution in [0.1, 0.15) is 18.6 Å². The first-order valence-electron chi connectivity index (χ1n) is 4.64. The summed E-state index contributed by atoms with van der Waals surface area (Å²) in [5, 5.41) is 9.48. The van der Waals surface area contributed by atoms with Crippen molar-refractivity contribution in [2.24, 2.45) is 5.92 Å². The third-order valence-electron chi connectivity index (χ3n) is 2.41. The highest BCUT2D eigenvalue weighted by molar-refractivity contribution is 5.27. The van der Waals surface area contributed by atoms with Gasteiger partial charge in [-0.1, -0.05) is 13.0 Å². The molecule has 1 aromatic rings. The van der Waals surface area contributed by atoms with Crippen LogP contribution in [0.5, 0.6) is 0 Å². The number of aliphatic hydroxyl groups excluding tert-OH is 1. The molecule has 0 radical (unpaired) electrons. The van der Waals surface area contributed by atoms with Gasteiger partial charge >= 0.3 is 0 Å². The van der Waals surface area contributed by atoms with E-state index in [1.807, 2.05) is 0 Å². The topological polar surface area (TPSA) is 20.2 Å². The molecular weight excluding hydrogens is 243 g/mol. The second-order valence-corrected chi connectivity index (χ2v) is 3.52. The molecular formula is C11H9F5O. The maximum Gasteiger partial charge on any atom is 0.200 e. The molecule has 0 amide bonds. The highest BCUT2D eigenvalue weighted by Crippen LogP contribution is 2.31. The van der Waals surface area contributed by atoms with Crippen molar-refractivity contribution in [3.05, 3.63) is 47.3 Å². The van der Waals surface area contributed by atoms with Crippen LogP contribution in [0.4, 0.5) is 22.0 Å². The van der Waals surface area contributed by atoms with E-state index in [0.717, 1.165) is 6.08 Å². The SMILES string of the molecule is C=C[C@H](C)[C@@H](O)c1c(F)c(F)c(F)c(F)c1F. The molecule has 0 heterocycles. The first-order chi connectivity index (χ1) is 7.82. The Morgan fingerprint density at radius 1 is 0.941 bits per heavy atom. The summed E-state index contributed by atoms with van der Waals surface area (Å²) in [4.78, 5) is 0. The second-order valence-electron chi connectivity index (χ2n) is 3.52. The fraction of sp³-hybridized carbons (Fsp3) is 0.273. The molecule has 17 heavy (non-hydrogen) atoms. The minimum atomic E-state index is -2.25. The number of hydrogen-bond acceptors (Lipinski definition) is 1. The smallest absolute Gasteiger partial charge is 0.200 e. The summed E-state index contributed by atoms with van der Waals surface area (Å²) in [7, 11) is 0. The molecule has 0 aromatic heterocycles. The Hall–Kier alpha value is -1.43. The lowest BCUT2D eigenvalue weighted by molar-refractivity contribution is 0.127. The molecule has 2 atom stereocenters. The van der Waals surface area contributed by atoms with Gasteiger partial charge in [-0.25, -0.2) is 22.0 Å². The lowest BCUT2D eigenvalue weighted by Gasteiger charge is -2.17. The van der Waals surface area contributed by atoms with Gasteiger partial charge in [0.25, 0.3) is 0 Å². The summed E-state index contributed by atoms with van der Waals surface area (Å²) in [5.41, 5.74) is -1.24. The summed E-state index contributed by atoms with van der Waals surface area (Å²) < 4.78 is 64.8. The molecule has 0 bridgehead atoms. The molecule has 0 aliphatic carbocycles. The van der Waals surface area contributed by atoms with Crippen molar-refractivity contribution in [2.75, 3.05) is 0 Å². The highest BCUT2D eigenvalue weighted by Gasteiger charge is 2.31. The third-order valence-corrected chi connectivity index (χ3v) is 2.41. The fourth-order valence-corrected chi connectivity index (χ4v) is 1.27. The molecule has 1 rings (SSSR count).